The van der Waals surface area contributed by atoms with Crippen LogP contribution in [0.15, 0.2) is 48.6 Å². The topological polar surface area (TPSA) is 52.0 Å². The van der Waals surface area contributed by atoms with E-state index < -0.39 is 11.6 Å². The van der Waals surface area contributed by atoms with Crippen molar-refractivity contribution in [2.75, 3.05) is 0 Å². The molecule has 0 saturated carbocycles. The fourth-order valence-electron chi connectivity index (χ4n) is 1.75. The molecule has 2 atom stereocenters. The van der Waals surface area contributed by atoms with E-state index in [1.165, 1.54) is 6.07 Å². The summed E-state index contributed by atoms with van der Waals surface area (Å²) in [6.45, 7) is 0. The van der Waals surface area contributed by atoms with Gasteiger partial charge in [-0.05, 0) is 6.07 Å². The Labute approximate surface area is 88.1 Å². The van der Waals surface area contributed by atoms with Gasteiger partial charge < -0.3 is 11.5 Å². The second-order valence-electron chi connectivity index (χ2n) is 3.68. The van der Waals surface area contributed by atoms with Crippen LogP contribution in [0.2, 0.25) is 0 Å². The van der Waals surface area contributed by atoms with Crippen molar-refractivity contribution in [3.63, 3.8) is 0 Å². The van der Waals surface area contributed by atoms with Crippen molar-refractivity contribution < 1.29 is 4.39 Å². The van der Waals surface area contributed by atoms with Gasteiger partial charge in [0.05, 0.1) is 5.54 Å². The minimum Gasteiger partial charge on any atom is -0.322 e. The van der Waals surface area contributed by atoms with Crippen molar-refractivity contribution in [2.45, 2.75) is 11.6 Å². The highest BCUT2D eigenvalue weighted by Crippen LogP contribution is 2.28. The van der Waals surface area contributed by atoms with Crippen molar-refractivity contribution in [1.29, 1.82) is 0 Å². The summed E-state index contributed by atoms with van der Waals surface area (Å²) in [5, 5.41) is 0. The van der Waals surface area contributed by atoms with E-state index in [0.717, 1.165) is 0 Å². The fraction of sp³-hybridized carbons (Fsp3) is 0.167. The highest BCUT2D eigenvalue weighted by Gasteiger charge is 2.33. The average molecular weight is 204 g/mol. The van der Waals surface area contributed by atoms with Crippen molar-refractivity contribution >= 4 is 0 Å². The molecule has 0 spiro atoms. The molecule has 0 heterocycles. The summed E-state index contributed by atoms with van der Waals surface area (Å²) in [5.41, 5.74) is 11.5. The van der Waals surface area contributed by atoms with Crippen molar-refractivity contribution in [1.82, 2.24) is 0 Å². The lowest BCUT2D eigenvalue weighted by atomic mass is 9.81. The molecule has 1 aromatic rings. The second-order valence-corrected chi connectivity index (χ2v) is 3.68. The third-order valence-electron chi connectivity index (χ3n) is 2.69. The van der Waals surface area contributed by atoms with E-state index in [0.29, 0.717) is 5.56 Å². The zero-order valence-electron chi connectivity index (χ0n) is 8.23. The summed E-state index contributed by atoms with van der Waals surface area (Å²) in [6, 6.07) is 6.04. The minimum absolute atomic E-state index is 0.324. The first-order chi connectivity index (χ1) is 7.14. The summed E-state index contributed by atoms with van der Waals surface area (Å²) in [5.74, 6) is -0.324. The maximum absolute atomic E-state index is 13.6. The second kappa shape index (κ2) is 3.61. The molecule has 0 aliphatic heterocycles. The number of allylic oxidation sites excluding steroid dienone is 2. The first-order valence-corrected chi connectivity index (χ1v) is 4.80. The highest BCUT2D eigenvalue weighted by atomic mass is 19.1. The lowest BCUT2D eigenvalue weighted by Gasteiger charge is -2.33. The number of hydrogen-bond donors (Lipinski definition) is 2. The van der Waals surface area contributed by atoms with E-state index >= 15 is 0 Å². The van der Waals surface area contributed by atoms with E-state index in [4.69, 9.17) is 11.5 Å². The smallest absolute Gasteiger partial charge is 0.128 e. The van der Waals surface area contributed by atoms with E-state index in [-0.39, 0.29) is 5.82 Å². The summed E-state index contributed by atoms with van der Waals surface area (Å²) < 4.78 is 13.6. The monoisotopic (exact) mass is 204 g/mol. The molecule has 2 unspecified atom stereocenters. The Kier molecular flexibility index (Phi) is 2.42. The Morgan fingerprint density at radius 2 is 1.93 bits per heavy atom. The van der Waals surface area contributed by atoms with Crippen molar-refractivity contribution in [3.05, 3.63) is 60.0 Å². The van der Waals surface area contributed by atoms with Gasteiger partial charge in [0.15, 0.2) is 0 Å². The van der Waals surface area contributed by atoms with Gasteiger partial charge in [0, 0.05) is 11.6 Å². The molecule has 0 fully saturated rings. The SMILES string of the molecule is NC1C=CC=CC1(N)c1ccccc1F. The van der Waals surface area contributed by atoms with Gasteiger partial charge in [-0.25, -0.2) is 4.39 Å². The maximum Gasteiger partial charge on any atom is 0.128 e. The number of hydrogen-bond acceptors (Lipinski definition) is 2. The maximum atomic E-state index is 13.6. The number of halogens is 1. The fourth-order valence-corrected chi connectivity index (χ4v) is 1.75. The van der Waals surface area contributed by atoms with Gasteiger partial charge in [0.1, 0.15) is 5.82 Å². The van der Waals surface area contributed by atoms with Crippen LogP contribution in [-0.2, 0) is 5.54 Å². The van der Waals surface area contributed by atoms with Crippen molar-refractivity contribution in [2.24, 2.45) is 11.5 Å². The Morgan fingerprint density at radius 1 is 1.20 bits per heavy atom. The van der Waals surface area contributed by atoms with Gasteiger partial charge >= 0.3 is 0 Å². The van der Waals surface area contributed by atoms with Crippen LogP contribution in [0, 0.1) is 5.82 Å². The molecule has 1 aliphatic rings. The number of nitrogens with two attached hydrogens (primary N) is 2. The summed E-state index contributed by atoms with van der Waals surface area (Å²) >= 11 is 0. The lowest BCUT2D eigenvalue weighted by Crippen LogP contribution is -2.51. The molecular weight excluding hydrogens is 191 g/mol. The molecular formula is C12H13FN2. The molecule has 2 rings (SSSR count). The van der Waals surface area contributed by atoms with Crippen LogP contribution in [0.5, 0.6) is 0 Å². The summed E-state index contributed by atoms with van der Waals surface area (Å²) in [4.78, 5) is 0. The molecule has 1 aliphatic carbocycles. The van der Waals surface area contributed by atoms with E-state index in [1.54, 1.807) is 36.4 Å². The third kappa shape index (κ3) is 1.60. The molecule has 2 nitrogen and oxygen atoms in total. The van der Waals surface area contributed by atoms with Crippen LogP contribution in [0.3, 0.4) is 0 Å². The highest BCUT2D eigenvalue weighted by molar-refractivity contribution is 5.38. The van der Waals surface area contributed by atoms with Crippen molar-refractivity contribution in [3.8, 4) is 0 Å². The zero-order valence-corrected chi connectivity index (χ0v) is 8.23. The van der Waals surface area contributed by atoms with Crippen LogP contribution >= 0.6 is 0 Å². The molecule has 0 bridgehead atoms. The Balaban J connectivity index is 2.50. The quantitative estimate of drug-likeness (QED) is 0.727. The zero-order chi connectivity index (χ0) is 10.9. The standard InChI is InChI=1S/C12H13FN2/c13-10-6-2-1-5-9(10)12(15)8-4-3-7-11(12)14/h1-8,11H,14-15H2. The molecule has 0 amide bonds. The van der Waals surface area contributed by atoms with E-state index in [9.17, 15) is 4.39 Å². The first kappa shape index (κ1) is 10.1. The Morgan fingerprint density at radius 3 is 2.60 bits per heavy atom. The van der Waals surface area contributed by atoms with Gasteiger partial charge in [0.25, 0.3) is 0 Å². The predicted molar refractivity (Wildman–Crippen MR) is 58.5 cm³/mol. The van der Waals surface area contributed by atoms with Crippen LogP contribution < -0.4 is 11.5 Å². The van der Waals surface area contributed by atoms with Crippen LogP contribution in [0.25, 0.3) is 0 Å². The molecule has 4 N–H and O–H groups in total. The largest absolute Gasteiger partial charge is 0.322 e. The van der Waals surface area contributed by atoms with Crippen LogP contribution in [0.4, 0.5) is 4.39 Å². The van der Waals surface area contributed by atoms with Gasteiger partial charge in [0.2, 0.25) is 0 Å². The van der Waals surface area contributed by atoms with Gasteiger partial charge in [-0.3, -0.25) is 0 Å². The molecule has 78 valence electrons. The Bertz CT molecular complexity index is 425. The van der Waals surface area contributed by atoms with E-state index in [1.807, 2.05) is 6.08 Å². The molecule has 0 radical (unpaired) electrons. The van der Waals surface area contributed by atoms with E-state index in [2.05, 4.69) is 0 Å². The van der Waals surface area contributed by atoms with Gasteiger partial charge in [-0.15, -0.1) is 0 Å². The van der Waals surface area contributed by atoms with Crippen LogP contribution in [-0.4, -0.2) is 6.04 Å². The third-order valence-corrected chi connectivity index (χ3v) is 2.69. The number of benzene rings is 1. The summed E-state index contributed by atoms with van der Waals surface area (Å²) in [7, 11) is 0. The number of rotatable bonds is 1. The average Bonchev–Trinajstić information content (AvgIpc) is 2.23. The van der Waals surface area contributed by atoms with Crippen LogP contribution in [0.1, 0.15) is 5.56 Å². The van der Waals surface area contributed by atoms with Gasteiger partial charge in [-0.2, -0.15) is 0 Å². The Hall–Kier alpha value is -1.45. The molecule has 0 saturated heterocycles. The lowest BCUT2D eigenvalue weighted by molar-refractivity contribution is 0.461. The molecule has 0 aromatic heterocycles. The minimum atomic E-state index is -0.944. The molecule has 3 heteroatoms. The normalized spacial score (nSPS) is 29.4. The molecule has 1 aromatic carbocycles. The van der Waals surface area contributed by atoms with Gasteiger partial charge in [-0.1, -0.05) is 42.5 Å². The molecule has 15 heavy (non-hydrogen) atoms. The predicted octanol–water partition coefficient (Wildman–Crippen LogP) is 1.43. The first-order valence-electron chi connectivity index (χ1n) is 4.80. The summed E-state index contributed by atoms with van der Waals surface area (Å²) in [6.07, 6.45) is 7.11.